The molecule has 0 N–H and O–H groups in total. The lowest BCUT2D eigenvalue weighted by atomic mass is 10.0. The second-order valence-corrected chi connectivity index (χ2v) is 10.8. The molecule has 6 nitrogen and oxygen atoms in total. The first kappa shape index (κ1) is 23.8. The monoisotopic (exact) mass is 492 g/mol. The maximum Gasteiger partial charge on any atom is 0.309 e. The van der Waals surface area contributed by atoms with Crippen LogP contribution in [-0.2, 0) is 19.0 Å². The third-order valence-electron chi connectivity index (χ3n) is 8.36. The molecule has 2 aromatic carbocycles. The molecule has 6 rings (SSSR count). The highest BCUT2D eigenvalue weighted by atomic mass is 16.6. The number of hydrogen-bond acceptors (Lipinski definition) is 6. The van der Waals surface area contributed by atoms with Crippen molar-refractivity contribution in [1.29, 1.82) is 0 Å². The standard InChI is InChI=1S/C30H36O6/c1-3-18(2)30(31)36-27(19-4-10-23(11-5-19)32-16-21-8-14-25-28(21)34-25)20-6-12-24(13-7-20)33-17-22-9-15-26-29(22)35-26/h4-7,10-13,18,21-22,25-29H,3,8-9,14-17H2,1-2H3. The summed E-state index contributed by atoms with van der Waals surface area (Å²) >= 11 is 0. The fourth-order valence-electron chi connectivity index (χ4n) is 5.66. The number of carbonyl (C=O) groups excluding carboxylic acids is 1. The lowest BCUT2D eigenvalue weighted by Crippen LogP contribution is -2.19. The van der Waals surface area contributed by atoms with E-state index in [9.17, 15) is 4.79 Å². The average molecular weight is 493 g/mol. The van der Waals surface area contributed by atoms with E-state index in [0.717, 1.165) is 41.9 Å². The Morgan fingerprint density at radius 3 is 1.64 bits per heavy atom. The van der Waals surface area contributed by atoms with Crippen molar-refractivity contribution in [3.63, 3.8) is 0 Å². The lowest BCUT2D eigenvalue weighted by molar-refractivity contribution is -0.152. The van der Waals surface area contributed by atoms with Gasteiger partial charge in [-0.1, -0.05) is 38.1 Å². The van der Waals surface area contributed by atoms with Gasteiger partial charge in [-0.2, -0.15) is 0 Å². The smallest absolute Gasteiger partial charge is 0.309 e. The van der Waals surface area contributed by atoms with Crippen LogP contribution in [0.25, 0.3) is 0 Å². The van der Waals surface area contributed by atoms with Crippen LogP contribution < -0.4 is 9.47 Å². The molecule has 7 unspecified atom stereocenters. The van der Waals surface area contributed by atoms with Gasteiger partial charge in [0.2, 0.25) is 0 Å². The zero-order chi connectivity index (χ0) is 24.6. The quantitative estimate of drug-likeness (QED) is 0.306. The molecule has 2 heterocycles. The highest BCUT2D eigenvalue weighted by molar-refractivity contribution is 5.72. The molecule has 0 aromatic heterocycles. The van der Waals surface area contributed by atoms with E-state index in [1.807, 2.05) is 62.4 Å². The molecule has 0 amide bonds. The second kappa shape index (κ2) is 10.1. The van der Waals surface area contributed by atoms with E-state index in [1.54, 1.807) is 0 Å². The molecule has 2 aliphatic carbocycles. The van der Waals surface area contributed by atoms with Crippen molar-refractivity contribution in [2.45, 2.75) is 76.5 Å². The minimum absolute atomic E-state index is 0.155. The summed E-state index contributed by atoms with van der Waals surface area (Å²) in [6.45, 7) is 5.27. The van der Waals surface area contributed by atoms with Gasteiger partial charge in [0.1, 0.15) is 11.5 Å². The predicted molar refractivity (Wildman–Crippen MR) is 134 cm³/mol. The van der Waals surface area contributed by atoms with E-state index in [-0.39, 0.29) is 11.9 Å². The predicted octanol–water partition coefficient (Wildman–Crippen LogP) is 5.48. The fourth-order valence-corrected chi connectivity index (χ4v) is 5.66. The first-order valence-corrected chi connectivity index (χ1v) is 13.6. The van der Waals surface area contributed by atoms with Gasteiger partial charge in [-0.3, -0.25) is 4.79 Å². The first-order valence-electron chi connectivity index (χ1n) is 13.6. The zero-order valence-corrected chi connectivity index (χ0v) is 21.1. The van der Waals surface area contributed by atoms with E-state index in [1.165, 1.54) is 12.8 Å². The van der Waals surface area contributed by atoms with Crippen molar-refractivity contribution in [3.8, 4) is 11.5 Å². The Labute approximate surface area is 213 Å². The summed E-state index contributed by atoms with van der Waals surface area (Å²) in [5, 5.41) is 0. The highest BCUT2D eigenvalue weighted by Crippen LogP contribution is 2.44. The number of rotatable bonds is 11. The number of carbonyl (C=O) groups is 1. The van der Waals surface area contributed by atoms with Crippen LogP contribution in [-0.4, -0.2) is 43.6 Å². The van der Waals surface area contributed by atoms with E-state index < -0.39 is 6.10 Å². The first-order chi connectivity index (χ1) is 17.6. The molecule has 0 radical (unpaired) electrons. The van der Waals surface area contributed by atoms with Gasteiger partial charge in [-0.15, -0.1) is 0 Å². The van der Waals surface area contributed by atoms with Crippen molar-refractivity contribution in [1.82, 2.24) is 0 Å². The molecule has 4 aliphatic rings. The number of ether oxygens (including phenoxy) is 5. The Bertz CT molecular complexity index is 977. The molecule has 0 bridgehead atoms. The number of fused-ring (bicyclic) bond motifs is 2. The van der Waals surface area contributed by atoms with E-state index in [2.05, 4.69) is 0 Å². The highest BCUT2D eigenvalue weighted by Gasteiger charge is 2.51. The number of benzene rings is 2. The van der Waals surface area contributed by atoms with Gasteiger partial charge >= 0.3 is 5.97 Å². The van der Waals surface area contributed by atoms with Crippen molar-refractivity contribution >= 4 is 5.97 Å². The number of epoxide rings is 2. The van der Waals surface area contributed by atoms with Crippen LogP contribution in [0, 0.1) is 17.8 Å². The number of hydrogen-bond donors (Lipinski definition) is 0. The maximum absolute atomic E-state index is 12.7. The minimum Gasteiger partial charge on any atom is -0.493 e. The van der Waals surface area contributed by atoms with Crippen molar-refractivity contribution in [2.75, 3.05) is 13.2 Å². The van der Waals surface area contributed by atoms with E-state index >= 15 is 0 Å². The third-order valence-corrected chi connectivity index (χ3v) is 8.36. The molecule has 0 spiro atoms. The SMILES string of the molecule is CCC(C)C(=O)OC(c1ccc(OCC2CCC3OC23)cc1)c1ccc(OCC2CCC3OC23)cc1. The van der Waals surface area contributed by atoms with E-state index in [4.69, 9.17) is 23.7 Å². The molecular formula is C30H36O6. The Balaban J connectivity index is 1.12. The van der Waals surface area contributed by atoms with Gasteiger partial charge < -0.3 is 23.7 Å². The fraction of sp³-hybridized carbons (Fsp3) is 0.567. The topological polar surface area (TPSA) is 69.8 Å². The molecule has 4 fully saturated rings. The van der Waals surface area contributed by atoms with Crippen LogP contribution in [0.15, 0.2) is 48.5 Å². The average Bonchev–Trinajstić information content (AvgIpc) is 3.81. The second-order valence-electron chi connectivity index (χ2n) is 10.8. The molecule has 36 heavy (non-hydrogen) atoms. The van der Waals surface area contributed by atoms with Crippen molar-refractivity contribution in [3.05, 3.63) is 59.7 Å². The Kier molecular flexibility index (Phi) is 6.65. The molecule has 2 saturated carbocycles. The third kappa shape index (κ3) is 5.12. The largest absolute Gasteiger partial charge is 0.493 e. The molecule has 2 aliphatic heterocycles. The molecule has 6 heteroatoms. The minimum atomic E-state index is -0.486. The van der Waals surface area contributed by atoms with Gasteiger partial charge in [0, 0.05) is 11.8 Å². The van der Waals surface area contributed by atoms with Crippen molar-refractivity contribution < 1.29 is 28.5 Å². The Morgan fingerprint density at radius 1 is 0.806 bits per heavy atom. The summed E-state index contributed by atoms with van der Waals surface area (Å²) in [6, 6.07) is 15.8. The van der Waals surface area contributed by atoms with Crippen molar-refractivity contribution in [2.24, 2.45) is 17.8 Å². The van der Waals surface area contributed by atoms with Gasteiger partial charge in [-0.25, -0.2) is 0 Å². The molecule has 7 atom stereocenters. The molecule has 192 valence electrons. The maximum atomic E-state index is 12.7. The van der Waals surface area contributed by atoms with Crippen LogP contribution in [0.4, 0.5) is 0 Å². The van der Waals surface area contributed by atoms with E-state index in [0.29, 0.717) is 49.5 Å². The van der Waals surface area contributed by atoms with Gasteiger partial charge in [0.25, 0.3) is 0 Å². The van der Waals surface area contributed by atoms with Gasteiger partial charge in [-0.05, 0) is 67.5 Å². The molecule has 2 aromatic rings. The summed E-state index contributed by atoms with van der Waals surface area (Å²) in [5.74, 6) is 2.29. The zero-order valence-electron chi connectivity index (χ0n) is 21.1. The van der Waals surface area contributed by atoms with Crippen LogP contribution in [0.1, 0.15) is 63.2 Å². The molecular weight excluding hydrogens is 456 g/mol. The Morgan fingerprint density at radius 2 is 1.28 bits per heavy atom. The van der Waals surface area contributed by atoms with Gasteiger partial charge in [0.05, 0.1) is 43.5 Å². The summed E-state index contributed by atoms with van der Waals surface area (Å²) in [4.78, 5) is 12.7. The van der Waals surface area contributed by atoms with Crippen LogP contribution in [0.3, 0.4) is 0 Å². The van der Waals surface area contributed by atoms with Crippen LogP contribution in [0.2, 0.25) is 0 Å². The summed E-state index contributed by atoms with van der Waals surface area (Å²) in [6.07, 6.45) is 6.66. The van der Waals surface area contributed by atoms with Gasteiger partial charge in [0.15, 0.2) is 6.10 Å². The summed E-state index contributed by atoms with van der Waals surface area (Å²) in [5.41, 5.74) is 1.84. The molecule has 2 saturated heterocycles. The summed E-state index contributed by atoms with van der Waals surface area (Å²) in [7, 11) is 0. The lowest BCUT2D eigenvalue weighted by Gasteiger charge is -2.22. The summed E-state index contributed by atoms with van der Waals surface area (Å²) < 4.78 is 29.4. The van der Waals surface area contributed by atoms with Crippen LogP contribution in [0.5, 0.6) is 11.5 Å². The normalized spacial score (nSPS) is 31.2. The number of esters is 1. The van der Waals surface area contributed by atoms with Crippen LogP contribution >= 0.6 is 0 Å². The Hall–Kier alpha value is -2.57.